The highest BCUT2D eigenvalue weighted by Crippen LogP contribution is 2.27. The predicted octanol–water partition coefficient (Wildman–Crippen LogP) is 0.926. The maximum Gasteiger partial charge on any atom is 0.326 e. The van der Waals surface area contributed by atoms with Crippen molar-refractivity contribution in [1.82, 2.24) is 5.32 Å². The second-order valence-corrected chi connectivity index (χ2v) is 5.28. The topological polar surface area (TPSA) is 119 Å². The summed E-state index contributed by atoms with van der Waals surface area (Å²) in [5.41, 5.74) is 4.90. The van der Waals surface area contributed by atoms with Crippen molar-refractivity contribution in [2.45, 2.75) is 12.5 Å². The Kier molecular flexibility index (Phi) is 6.44. The quantitative estimate of drug-likeness (QED) is 0.651. The lowest BCUT2D eigenvalue weighted by Gasteiger charge is -2.13. The van der Waals surface area contributed by atoms with E-state index in [1.54, 1.807) is 18.2 Å². The SMILES string of the molecule is NC(=O)C[C@H](NC(=O)COc1ccc(Cl)cc1Br)C(=O)O. The fourth-order valence-corrected chi connectivity index (χ4v) is 2.17. The summed E-state index contributed by atoms with van der Waals surface area (Å²) in [4.78, 5) is 33.2. The number of hydrogen-bond donors (Lipinski definition) is 3. The van der Waals surface area contributed by atoms with E-state index < -0.39 is 36.9 Å². The number of rotatable bonds is 7. The highest BCUT2D eigenvalue weighted by Gasteiger charge is 2.22. The van der Waals surface area contributed by atoms with Gasteiger partial charge in [0.15, 0.2) is 6.61 Å². The van der Waals surface area contributed by atoms with Crippen LogP contribution in [-0.2, 0) is 14.4 Å². The maximum atomic E-state index is 11.6. The summed E-state index contributed by atoms with van der Waals surface area (Å²) in [7, 11) is 0. The number of carboxylic acid groups (broad SMARTS) is 1. The predicted molar refractivity (Wildman–Crippen MR) is 78.0 cm³/mol. The number of ether oxygens (including phenoxy) is 1. The van der Waals surface area contributed by atoms with Gasteiger partial charge in [-0.15, -0.1) is 0 Å². The van der Waals surface area contributed by atoms with Crippen molar-refractivity contribution in [2.75, 3.05) is 6.61 Å². The molecule has 0 fully saturated rings. The first-order valence-electron chi connectivity index (χ1n) is 5.68. The van der Waals surface area contributed by atoms with Gasteiger partial charge in [-0.1, -0.05) is 11.6 Å². The normalized spacial score (nSPS) is 11.5. The van der Waals surface area contributed by atoms with Gasteiger partial charge in [0.2, 0.25) is 5.91 Å². The van der Waals surface area contributed by atoms with E-state index in [9.17, 15) is 14.4 Å². The molecule has 1 rings (SSSR count). The Labute approximate surface area is 133 Å². The Morgan fingerprint density at radius 1 is 1.43 bits per heavy atom. The first-order valence-corrected chi connectivity index (χ1v) is 6.85. The Balaban J connectivity index is 2.56. The molecule has 0 saturated carbocycles. The molecule has 0 unspecified atom stereocenters. The van der Waals surface area contributed by atoms with Gasteiger partial charge in [-0.3, -0.25) is 9.59 Å². The molecule has 21 heavy (non-hydrogen) atoms. The molecule has 1 atom stereocenters. The minimum Gasteiger partial charge on any atom is -0.483 e. The van der Waals surface area contributed by atoms with Crippen LogP contribution in [0, 0.1) is 0 Å². The second-order valence-electron chi connectivity index (χ2n) is 3.99. The molecule has 7 nitrogen and oxygen atoms in total. The zero-order chi connectivity index (χ0) is 16.0. The molecule has 114 valence electrons. The van der Waals surface area contributed by atoms with Gasteiger partial charge in [0.25, 0.3) is 5.91 Å². The second kappa shape index (κ2) is 7.84. The standard InChI is InChI=1S/C12H12BrClN2O5/c13-7-3-6(14)1-2-9(7)21-5-11(18)16-8(12(19)20)4-10(15)17/h1-3,8H,4-5H2,(H2,15,17)(H,16,18)(H,19,20)/t8-/m0/s1. The summed E-state index contributed by atoms with van der Waals surface area (Å²) >= 11 is 8.97. The average molecular weight is 380 g/mol. The summed E-state index contributed by atoms with van der Waals surface area (Å²) in [6.45, 7) is -0.414. The molecular weight excluding hydrogens is 367 g/mol. The average Bonchev–Trinajstić information content (AvgIpc) is 2.36. The van der Waals surface area contributed by atoms with Crippen LogP contribution in [0.4, 0.5) is 0 Å². The number of amides is 2. The molecule has 4 N–H and O–H groups in total. The summed E-state index contributed by atoms with van der Waals surface area (Å²) in [5.74, 6) is -2.50. The molecule has 1 aromatic carbocycles. The Hall–Kier alpha value is -1.80. The van der Waals surface area contributed by atoms with E-state index in [0.717, 1.165) is 0 Å². The fraction of sp³-hybridized carbons (Fsp3) is 0.250. The third kappa shape index (κ3) is 6.01. The number of carboxylic acids is 1. The molecule has 1 aromatic rings. The maximum absolute atomic E-state index is 11.6. The third-order valence-electron chi connectivity index (χ3n) is 2.29. The van der Waals surface area contributed by atoms with E-state index >= 15 is 0 Å². The van der Waals surface area contributed by atoms with E-state index in [1.165, 1.54) is 0 Å². The summed E-state index contributed by atoms with van der Waals surface area (Å²) < 4.78 is 5.76. The summed E-state index contributed by atoms with van der Waals surface area (Å²) in [6, 6.07) is 3.33. The Morgan fingerprint density at radius 2 is 2.10 bits per heavy atom. The van der Waals surface area contributed by atoms with Crippen LogP contribution in [0.1, 0.15) is 6.42 Å². The van der Waals surface area contributed by atoms with E-state index in [-0.39, 0.29) is 0 Å². The first kappa shape index (κ1) is 17.3. The fourth-order valence-electron chi connectivity index (χ4n) is 1.37. The van der Waals surface area contributed by atoms with Crippen LogP contribution in [0.2, 0.25) is 5.02 Å². The number of benzene rings is 1. The molecule has 9 heteroatoms. The number of nitrogens with one attached hydrogen (secondary N) is 1. The van der Waals surface area contributed by atoms with Gasteiger partial charge in [-0.05, 0) is 34.1 Å². The van der Waals surface area contributed by atoms with Crippen molar-refractivity contribution < 1.29 is 24.2 Å². The largest absolute Gasteiger partial charge is 0.483 e. The molecule has 0 saturated heterocycles. The molecule has 0 spiro atoms. The van der Waals surface area contributed by atoms with Gasteiger partial charge in [-0.25, -0.2) is 4.79 Å². The number of halogens is 2. The highest BCUT2D eigenvalue weighted by atomic mass is 79.9. The molecule has 0 aliphatic carbocycles. The van der Waals surface area contributed by atoms with Crippen LogP contribution in [0.25, 0.3) is 0 Å². The van der Waals surface area contributed by atoms with Crippen molar-refractivity contribution >= 4 is 45.3 Å². The first-order chi connectivity index (χ1) is 9.79. The molecule has 0 aliphatic heterocycles. The smallest absolute Gasteiger partial charge is 0.326 e. The lowest BCUT2D eigenvalue weighted by Crippen LogP contribution is -2.45. The van der Waals surface area contributed by atoms with Gasteiger partial charge in [-0.2, -0.15) is 0 Å². The molecule has 0 radical (unpaired) electrons. The molecule has 0 aliphatic rings. The third-order valence-corrected chi connectivity index (χ3v) is 3.15. The molecule has 0 heterocycles. The number of primary amides is 1. The minimum absolute atomic E-state index is 0.372. The van der Waals surface area contributed by atoms with E-state index in [1.807, 2.05) is 0 Å². The molecule has 0 aromatic heterocycles. The Bertz CT molecular complexity index is 567. The number of nitrogens with two attached hydrogens (primary N) is 1. The monoisotopic (exact) mass is 378 g/mol. The number of aliphatic carboxylic acids is 1. The van der Waals surface area contributed by atoms with E-state index in [2.05, 4.69) is 21.2 Å². The van der Waals surface area contributed by atoms with Crippen LogP contribution >= 0.6 is 27.5 Å². The van der Waals surface area contributed by atoms with Gasteiger partial charge in [0, 0.05) is 5.02 Å². The van der Waals surface area contributed by atoms with Crippen LogP contribution in [-0.4, -0.2) is 35.5 Å². The lowest BCUT2D eigenvalue weighted by molar-refractivity contribution is -0.143. The van der Waals surface area contributed by atoms with E-state index in [4.69, 9.17) is 27.2 Å². The zero-order valence-corrected chi connectivity index (χ0v) is 13.0. The zero-order valence-electron chi connectivity index (χ0n) is 10.6. The highest BCUT2D eigenvalue weighted by molar-refractivity contribution is 9.10. The van der Waals surface area contributed by atoms with E-state index in [0.29, 0.717) is 15.2 Å². The van der Waals surface area contributed by atoms with Gasteiger partial charge in [0.05, 0.1) is 10.9 Å². The van der Waals surface area contributed by atoms with Crippen LogP contribution in [0.5, 0.6) is 5.75 Å². The van der Waals surface area contributed by atoms with Crippen molar-refractivity contribution in [3.8, 4) is 5.75 Å². The minimum atomic E-state index is -1.38. The van der Waals surface area contributed by atoms with Crippen molar-refractivity contribution in [3.63, 3.8) is 0 Å². The van der Waals surface area contributed by atoms with Crippen LogP contribution in [0.15, 0.2) is 22.7 Å². The summed E-state index contributed by atoms with van der Waals surface area (Å²) in [5, 5.41) is 11.5. The number of carbonyl (C=O) groups is 3. The molecular formula is C12H12BrClN2O5. The van der Waals surface area contributed by atoms with Gasteiger partial charge in [0.1, 0.15) is 11.8 Å². The number of carbonyl (C=O) groups excluding carboxylic acids is 2. The molecule has 0 bridgehead atoms. The summed E-state index contributed by atoms with van der Waals surface area (Å²) in [6.07, 6.45) is -0.494. The van der Waals surface area contributed by atoms with Crippen molar-refractivity contribution in [1.29, 1.82) is 0 Å². The lowest BCUT2D eigenvalue weighted by atomic mass is 10.2. The van der Waals surface area contributed by atoms with Crippen molar-refractivity contribution in [2.24, 2.45) is 5.73 Å². The van der Waals surface area contributed by atoms with Crippen LogP contribution < -0.4 is 15.8 Å². The van der Waals surface area contributed by atoms with Gasteiger partial charge < -0.3 is 20.9 Å². The van der Waals surface area contributed by atoms with Crippen LogP contribution in [0.3, 0.4) is 0 Å². The molecule has 2 amide bonds. The number of hydrogen-bond acceptors (Lipinski definition) is 4. The van der Waals surface area contributed by atoms with Gasteiger partial charge >= 0.3 is 5.97 Å². The Morgan fingerprint density at radius 3 is 2.62 bits per heavy atom. The van der Waals surface area contributed by atoms with Crippen molar-refractivity contribution in [3.05, 3.63) is 27.7 Å².